The molecule has 5 heteroatoms. The average Bonchev–Trinajstić information content (AvgIpc) is 2.00. The van der Waals surface area contributed by atoms with E-state index in [1.54, 1.807) is 0 Å². The number of carboxylic acid groups (broad SMARTS) is 1. The number of hydrogen-bond donors (Lipinski definition) is 1. The standard InChI is InChI=1S/C7H10O5/c1-3-4-11-7(10)12-5(2)6(8)9/h3,5H,1,4H2,2H3,(H,8,9)/t5-/m0/s1. The molecule has 0 saturated heterocycles. The van der Waals surface area contributed by atoms with Gasteiger partial charge in [-0.3, -0.25) is 0 Å². The first-order valence-electron chi connectivity index (χ1n) is 3.25. The van der Waals surface area contributed by atoms with Crippen molar-refractivity contribution < 1.29 is 24.2 Å². The predicted molar refractivity (Wildman–Crippen MR) is 39.7 cm³/mol. The largest absolute Gasteiger partial charge is 0.509 e. The van der Waals surface area contributed by atoms with E-state index in [1.807, 2.05) is 0 Å². The van der Waals surface area contributed by atoms with Crippen LogP contribution < -0.4 is 0 Å². The van der Waals surface area contributed by atoms with Gasteiger partial charge in [-0.05, 0) is 6.92 Å². The lowest BCUT2D eigenvalue weighted by Crippen LogP contribution is -2.24. The van der Waals surface area contributed by atoms with Crippen molar-refractivity contribution in [2.24, 2.45) is 0 Å². The van der Waals surface area contributed by atoms with E-state index in [1.165, 1.54) is 13.0 Å². The van der Waals surface area contributed by atoms with Gasteiger partial charge in [-0.1, -0.05) is 12.7 Å². The maximum absolute atomic E-state index is 10.6. The minimum absolute atomic E-state index is 0.00513. The smallest absolute Gasteiger partial charge is 0.479 e. The second-order valence-electron chi connectivity index (χ2n) is 1.95. The number of rotatable bonds is 4. The molecule has 12 heavy (non-hydrogen) atoms. The molecule has 0 saturated carbocycles. The maximum atomic E-state index is 10.6. The molecule has 1 N–H and O–H groups in total. The van der Waals surface area contributed by atoms with Crippen LogP contribution in [0.25, 0.3) is 0 Å². The summed E-state index contributed by atoms with van der Waals surface area (Å²) < 4.78 is 8.67. The first-order chi connectivity index (χ1) is 5.57. The Bertz CT molecular complexity index is 186. The monoisotopic (exact) mass is 174 g/mol. The molecule has 1 atom stereocenters. The van der Waals surface area contributed by atoms with Gasteiger partial charge in [-0.15, -0.1) is 0 Å². The van der Waals surface area contributed by atoms with E-state index in [9.17, 15) is 9.59 Å². The van der Waals surface area contributed by atoms with Crippen molar-refractivity contribution in [3.05, 3.63) is 12.7 Å². The molecule has 0 heterocycles. The van der Waals surface area contributed by atoms with Gasteiger partial charge in [0, 0.05) is 0 Å². The average molecular weight is 174 g/mol. The fourth-order valence-electron chi connectivity index (χ4n) is 0.356. The normalized spacial score (nSPS) is 11.4. The van der Waals surface area contributed by atoms with Gasteiger partial charge in [0.05, 0.1) is 0 Å². The van der Waals surface area contributed by atoms with Gasteiger partial charge in [0.15, 0.2) is 6.10 Å². The van der Waals surface area contributed by atoms with Crippen LogP contribution in [0.3, 0.4) is 0 Å². The van der Waals surface area contributed by atoms with Crippen LogP contribution in [0.1, 0.15) is 6.92 Å². The Hall–Kier alpha value is -1.52. The van der Waals surface area contributed by atoms with E-state index in [-0.39, 0.29) is 6.61 Å². The van der Waals surface area contributed by atoms with E-state index < -0.39 is 18.2 Å². The number of carbonyl (C=O) groups is 2. The highest BCUT2D eigenvalue weighted by molar-refractivity contribution is 5.75. The summed E-state index contributed by atoms with van der Waals surface area (Å²) in [5.74, 6) is -1.22. The molecule has 0 spiro atoms. The van der Waals surface area contributed by atoms with Crippen LogP contribution in [-0.4, -0.2) is 29.9 Å². The summed E-state index contributed by atoms with van der Waals surface area (Å²) in [5, 5.41) is 8.30. The number of carbonyl (C=O) groups excluding carboxylic acids is 1. The van der Waals surface area contributed by atoms with Crippen molar-refractivity contribution in [1.29, 1.82) is 0 Å². The summed E-state index contributed by atoms with van der Waals surface area (Å²) in [6, 6.07) is 0. The third-order valence-corrected chi connectivity index (χ3v) is 0.940. The molecule has 0 aromatic rings. The summed E-state index contributed by atoms with van der Waals surface area (Å²) in [6.07, 6.45) is -0.848. The van der Waals surface area contributed by atoms with Crippen LogP contribution in [0.5, 0.6) is 0 Å². The highest BCUT2D eigenvalue weighted by Crippen LogP contribution is 1.94. The second-order valence-corrected chi connectivity index (χ2v) is 1.95. The van der Waals surface area contributed by atoms with Crippen LogP contribution in [0.4, 0.5) is 4.79 Å². The molecule has 0 aliphatic carbocycles. The Morgan fingerprint density at radius 3 is 2.67 bits per heavy atom. The van der Waals surface area contributed by atoms with Crippen molar-refractivity contribution in [2.45, 2.75) is 13.0 Å². The first kappa shape index (κ1) is 10.5. The molecule has 0 rings (SSSR count). The summed E-state index contributed by atoms with van der Waals surface area (Å²) in [7, 11) is 0. The maximum Gasteiger partial charge on any atom is 0.509 e. The fraction of sp³-hybridized carbons (Fsp3) is 0.429. The highest BCUT2D eigenvalue weighted by Gasteiger charge is 2.16. The van der Waals surface area contributed by atoms with E-state index >= 15 is 0 Å². The fourth-order valence-corrected chi connectivity index (χ4v) is 0.356. The van der Waals surface area contributed by atoms with Crippen LogP contribution in [0.15, 0.2) is 12.7 Å². The quantitative estimate of drug-likeness (QED) is 0.504. The van der Waals surface area contributed by atoms with Gasteiger partial charge in [-0.25, -0.2) is 9.59 Å². The van der Waals surface area contributed by atoms with Gasteiger partial charge in [-0.2, -0.15) is 0 Å². The third kappa shape index (κ3) is 4.32. The van der Waals surface area contributed by atoms with E-state index in [4.69, 9.17) is 5.11 Å². The van der Waals surface area contributed by atoms with Crippen molar-refractivity contribution in [2.75, 3.05) is 6.61 Å². The van der Waals surface area contributed by atoms with Gasteiger partial charge in [0.25, 0.3) is 0 Å². The highest BCUT2D eigenvalue weighted by atomic mass is 16.7. The minimum Gasteiger partial charge on any atom is -0.479 e. The molecule has 0 aliphatic rings. The Labute approximate surface area is 69.6 Å². The lowest BCUT2D eigenvalue weighted by Gasteiger charge is -2.07. The Balaban J connectivity index is 3.68. The lowest BCUT2D eigenvalue weighted by molar-refractivity contribution is -0.147. The van der Waals surface area contributed by atoms with Crippen molar-refractivity contribution >= 4 is 12.1 Å². The van der Waals surface area contributed by atoms with E-state index in [2.05, 4.69) is 16.1 Å². The minimum atomic E-state index is -1.22. The molecule has 0 aromatic carbocycles. The number of carboxylic acids is 1. The van der Waals surface area contributed by atoms with Crippen molar-refractivity contribution in [1.82, 2.24) is 0 Å². The number of hydrogen-bond acceptors (Lipinski definition) is 4. The summed E-state index contributed by atoms with van der Waals surface area (Å²) in [5.41, 5.74) is 0. The zero-order chi connectivity index (χ0) is 9.56. The third-order valence-electron chi connectivity index (χ3n) is 0.940. The van der Waals surface area contributed by atoms with E-state index in [0.717, 1.165) is 0 Å². The van der Waals surface area contributed by atoms with Gasteiger partial charge in [0.2, 0.25) is 0 Å². The Morgan fingerprint density at radius 2 is 2.25 bits per heavy atom. The lowest BCUT2D eigenvalue weighted by atomic mass is 10.4. The molecular weight excluding hydrogens is 164 g/mol. The van der Waals surface area contributed by atoms with Crippen LogP contribution in [0, 0.1) is 0 Å². The molecule has 0 bridgehead atoms. The Kier molecular flexibility index (Phi) is 4.52. The molecule has 68 valence electrons. The molecular formula is C7H10O5. The molecule has 0 aliphatic heterocycles. The van der Waals surface area contributed by atoms with Crippen molar-refractivity contribution in [3.63, 3.8) is 0 Å². The van der Waals surface area contributed by atoms with E-state index in [0.29, 0.717) is 0 Å². The molecule has 0 amide bonds. The van der Waals surface area contributed by atoms with Crippen LogP contribution >= 0.6 is 0 Å². The summed E-state index contributed by atoms with van der Waals surface area (Å²) in [6.45, 7) is 4.54. The second kappa shape index (κ2) is 5.17. The van der Waals surface area contributed by atoms with Gasteiger partial charge >= 0.3 is 12.1 Å². The zero-order valence-corrected chi connectivity index (χ0v) is 6.65. The molecule has 0 aromatic heterocycles. The predicted octanol–water partition coefficient (Wildman–Crippen LogP) is 0.799. The Morgan fingerprint density at radius 1 is 1.67 bits per heavy atom. The van der Waals surface area contributed by atoms with Crippen molar-refractivity contribution in [3.8, 4) is 0 Å². The molecule has 5 nitrogen and oxygen atoms in total. The molecule has 0 fully saturated rings. The first-order valence-corrected chi connectivity index (χ1v) is 3.25. The number of aliphatic carboxylic acids is 1. The molecule has 0 radical (unpaired) electrons. The van der Waals surface area contributed by atoms with Gasteiger partial charge < -0.3 is 14.6 Å². The van der Waals surface area contributed by atoms with Crippen LogP contribution in [0.2, 0.25) is 0 Å². The number of ether oxygens (including phenoxy) is 2. The topological polar surface area (TPSA) is 72.8 Å². The SMILES string of the molecule is C=CCOC(=O)O[C@@H](C)C(=O)O. The summed E-state index contributed by atoms with van der Waals surface area (Å²) in [4.78, 5) is 20.7. The van der Waals surface area contributed by atoms with Crippen LogP contribution in [-0.2, 0) is 14.3 Å². The zero-order valence-electron chi connectivity index (χ0n) is 6.65. The summed E-state index contributed by atoms with van der Waals surface area (Å²) >= 11 is 0. The van der Waals surface area contributed by atoms with Gasteiger partial charge in [0.1, 0.15) is 6.61 Å². The molecule has 0 unspecified atom stereocenters.